The van der Waals surface area contributed by atoms with Crippen LogP contribution in [0.3, 0.4) is 0 Å². The molecule has 0 saturated heterocycles. The van der Waals surface area contributed by atoms with Crippen molar-refractivity contribution in [2.24, 2.45) is 0 Å². The molecule has 0 radical (unpaired) electrons. The van der Waals surface area contributed by atoms with Crippen molar-refractivity contribution in [2.75, 3.05) is 5.75 Å². The van der Waals surface area contributed by atoms with E-state index < -0.39 is 0 Å². The molecule has 102 valence electrons. The van der Waals surface area contributed by atoms with Gasteiger partial charge in [-0.15, -0.1) is 23.1 Å². The second-order valence-electron chi connectivity index (χ2n) is 4.58. The summed E-state index contributed by atoms with van der Waals surface area (Å²) in [4.78, 5) is 25.4. The SMILES string of the molecule is O=Cc1ccc(SCC(=O)N2Cc3ccccc3C2)s1. The highest BCUT2D eigenvalue weighted by molar-refractivity contribution is 8.01. The van der Waals surface area contributed by atoms with Crippen molar-refractivity contribution in [1.29, 1.82) is 0 Å². The summed E-state index contributed by atoms with van der Waals surface area (Å²) in [6.07, 6.45) is 0.841. The molecular formula is C15H13NO2S2. The smallest absolute Gasteiger partial charge is 0.233 e. The van der Waals surface area contributed by atoms with E-state index in [-0.39, 0.29) is 5.91 Å². The first kappa shape index (κ1) is 13.4. The van der Waals surface area contributed by atoms with Crippen LogP contribution in [0.1, 0.15) is 20.8 Å². The van der Waals surface area contributed by atoms with Gasteiger partial charge in [-0.1, -0.05) is 24.3 Å². The van der Waals surface area contributed by atoms with Gasteiger partial charge in [0.2, 0.25) is 5.91 Å². The first-order valence-electron chi connectivity index (χ1n) is 6.28. The van der Waals surface area contributed by atoms with Crippen LogP contribution in [-0.2, 0) is 17.9 Å². The van der Waals surface area contributed by atoms with E-state index in [4.69, 9.17) is 0 Å². The van der Waals surface area contributed by atoms with Crippen LogP contribution in [0.2, 0.25) is 0 Å². The maximum absolute atomic E-state index is 12.2. The lowest BCUT2D eigenvalue weighted by atomic mass is 10.1. The van der Waals surface area contributed by atoms with Crippen LogP contribution in [-0.4, -0.2) is 22.8 Å². The van der Waals surface area contributed by atoms with Gasteiger partial charge in [0.25, 0.3) is 0 Å². The molecule has 1 aromatic heterocycles. The molecule has 3 rings (SSSR count). The molecule has 0 spiro atoms. The molecule has 1 aliphatic rings. The Bertz CT molecular complexity index is 626. The van der Waals surface area contributed by atoms with E-state index in [0.717, 1.165) is 10.5 Å². The Morgan fingerprint density at radius 1 is 1.20 bits per heavy atom. The molecule has 0 bridgehead atoms. The van der Waals surface area contributed by atoms with Crippen LogP contribution < -0.4 is 0 Å². The molecule has 5 heteroatoms. The molecule has 0 fully saturated rings. The van der Waals surface area contributed by atoms with Gasteiger partial charge in [-0.25, -0.2) is 0 Å². The molecule has 0 unspecified atom stereocenters. The Morgan fingerprint density at radius 2 is 1.90 bits per heavy atom. The summed E-state index contributed by atoms with van der Waals surface area (Å²) in [5, 5.41) is 0. The summed E-state index contributed by atoms with van der Waals surface area (Å²) in [6, 6.07) is 11.8. The molecule has 0 atom stereocenters. The highest BCUT2D eigenvalue weighted by Crippen LogP contribution is 2.28. The molecule has 0 saturated carbocycles. The zero-order chi connectivity index (χ0) is 13.9. The lowest BCUT2D eigenvalue weighted by Crippen LogP contribution is -2.26. The van der Waals surface area contributed by atoms with E-state index in [1.807, 2.05) is 23.1 Å². The standard InChI is InChI=1S/C15H13NO2S2/c17-9-13-5-6-15(20-13)19-10-14(18)16-7-11-3-1-2-4-12(11)8-16/h1-6,9H,7-8,10H2. The predicted molar refractivity (Wildman–Crippen MR) is 81.1 cm³/mol. The Morgan fingerprint density at radius 3 is 2.50 bits per heavy atom. The summed E-state index contributed by atoms with van der Waals surface area (Å²) in [5.41, 5.74) is 2.48. The predicted octanol–water partition coefficient (Wildman–Crippen LogP) is 3.20. The van der Waals surface area contributed by atoms with E-state index in [0.29, 0.717) is 23.7 Å². The number of aldehydes is 1. The average molecular weight is 303 g/mol. The number of hydrogen-bond donors (Lipinski definition) is 0. The maximum atomic E-state index is 12.2. The highest BCUT2D eigenvalue weighted by atomic mass is 32.2. The van der Waals surface area contributed by atoms with E-state index >= 15 is 0 Å². The van der Waals surface area contributed by atoms with E-state index in [2.05, 4.69) is 12.1 Å². The molecule has 0 aliphatic carbocycles. The quantitative estimate of drug-likeness (QED) is 0.643. The van der Waals surface area contributed by atoms with Crippen molar-refractivity contribution >= 4 is 35.3 Å². The fraction of sp³-hybridized carbons (Fsp3) is 0.200. The number of carbonyl (C=O) groups excluding carboxylic acids is 2. The summed E-state index contributed by atoms with van der Waals surface area (Å²) >= 11 is 2.93. The van der Waals surface area contributed by atoms with Crippen LogP contribution in [0.5, 0.6) is 0 Å². The molecule has 2 aromatic rings. The van der Waals surface area contributed by atoms with Crippen LogP contribution >= 0.6 is 23.1 Å². The number of nitrogens with zero attached hydrogens (tertiary/aromatic N) is 1. The number of benzene rings is 1. The molecule has 20 heavy (non-hydrogen) atoms. The maximum Gasteiger partial charge on any atom is 0.233 e. The van der Waals surface area contributed by atoms with Gasteiger partial charge in [0.1, 0.15) is 0 Å². The molecule has 0 N–H and O–H groups in total. The van der Waals surface area contributed by atoms with Crippen molar-refractivity contribution in [3.05, 3.63) is 52.4 Å². The van der Waals surface area contributed by atoms with Gasteiger partial charge in [-0.05, 0) is 23.3 Å². The van der Waals surface area contributed by atoms with Crippen molar-refractivity contribution in [3.63, 3.8) is 0 Å². The minimum atomic E-state index is 0.146. The molecule has 2 heterocycles. The number of carbonyl (C=O) groups is 2. The Hall–Kier alpha value is -1.59. The first-order valence-corrected chi connectivity index (χ1v) is 8.09. The number of hydrogen-bond acceptors (Lipinski definition) is 4. The molecule has 3 nitrogen and oxygen atoms in total. The zero-order valence-electron chi connectivity index (χ0n) is 10.7. The fourth-order valence-electron chi connectivity index (χ4n) is 2.21. The molecule has 1 amide bonds. The van der Waals surface area contributed by atoms with Gasteiger partial charge < -0.3 is 4.90 Å². The number of thioether (sulfide) groups is 1. The molecule has 1 aliphatic heterocycles. The monoisotopic (exact) mass is 303 g/mol. The Balaban J connectivity index is 1.57. The fourth-order valence-corrected chi connectivity index (χ4v) is 4.08. The van der Waals surface area contributed by atoms with E-state index in [1.54, 1.807) is 6.07 Å². The topological polar surface area (TPSA) is 37.4 Å². The Kier molecular flexibility index (Phi) is 3.89. The van der Waals surface area contributed by atoms with Crippen LogP contribution in [0.15, 0.2) is 40.6 Å². The largest absolute Gasteiger partial charge is 0.333 e. The van der Waals surface area contributed by atoms with Crippen molar-refractivity contribution in [2.45, 2.75) is 17.3 Å². The van der Waals surface area contributed by atoms with E-state index in [1.165, 1.54) is 34.2 Å². The van der Waals surface area contributed by atoms with Crippen LogP contribution in [0.25, 0.3) is 0 Å². The summed E-state index contributed by atoms with van der Waals surface area (Å²) < 4.78 is 1.01. The van der Waals surface area contributed by atoms with Gasteiger partial charge >= 0.3 is 0 Å². The summed E-state index contributed by atoms with van der Waals surface area (Å²) in [5.74, 6) is 0.569. The Labute approximate surface area is 125 Å². The minimum Gasteiger partial charge on any atom is -0.333 e. The third-order valence-electron chi connectivity index (χ3n) is 3.25. The second kappa shape index (κ2) is 5.81. The van der Waals surface area contributed by atoms with Gasteiger partial charge in [0, 0.05) is 13.1 Å². The first-order chi connectivity index (χ1) is 9.76. The highest BCUT2D eigenvalue weighted by Gasteiger charge is 2.22. The minimum absolute atomic E-state index is 0.146. The third-order valence-corrected chi connectivity index (χ3v) is 5.47. The lowest BCUT2D eigenvalue weighted by molar-refractivity contribution is -0.128. The van der Waals surface area contributed by atoms with Gasteiger partial charge in [0.15, 0.2) is 6.29 Å². The van der Waals surface area contributed by atoms with Crippen LogP contribution in [0, 0.1) is 0 Å². The van der Waals surface area contributed by atoms with Gasteiger partial charge in [-0.3, -0.25) is 9.59 Å². The summed E-state index contributed by atoms with van der Waals surface area (Å²) in [6.45, 7) is 1.42. The number of thiophene rings is 1. The van der Waals surface area contributed by atoms with Gasteiger partial charge in [-0.2, -0.15) is 0 Å². The lowest BCUT2D eigenvalue weighted by Gasteiger charge is -2.14. The number of amides is 1. The summed E-state index contributed by atoms with van der Waals surface area (Å²) in [7, 11) is 0. The van der Waals surface area contributed by atoms with E-state index in [9.17, 15) is 9.59 Å². The average Bonchev–Trinajstić information content (AvgIpc) is 3.10. The molecule has 1 aromatic carbocycles. The molecular weight excluding hydrogens is 290 g/mol. The normalized spacial score (nSPS) is 13.3. The zero-order valence-corrected chi connectivity index (χ0v) is 12.4. The van der Waals surface area contributed by atoms with Gasteiger partial charge in [0.05, 0.1) is 14.8 Å². The number of rotatable bonds is 4. The third kappa shape index (κ3) is 2.78. The van der Waals surface area contributed by atoms with Crippen molar-refractivity contribution in [1.82, 2.24) is 4.90 Å². The second-order valence-corrected chi connectivity index (χ2v) is 6.97. The van der Waals surface area contributed by atoms with Crippen molar-refractivity contribution < 1.29 is 9.59 Å². The number of fused-ring (bicyclic) bond motifs is 1. The van der Waals surface area contributed by atoms with Crippen molar-refractivity contribution in [3.8, 4) is 0 Å². The van der Waals surface area contributed by atoms with Crippen LogP contribution in [0.4, 0.5) is 0 Å².